The summed E-state index contributed by atoms with van der Waals surface area (Å²) in [5.41, 5.74) is 0. The zero-order valence-corrected chi connectivity index (χ0v) is 43.5. The summed E-state index contributed by atoms with van der Waals surface area (Å²) in [5, 5.41) is 23.1. The van der Waals surface area contributed by atoms with Crippen molar-refractivity contribution in [3.05, 3.63) is 36.5 Å². The predicted octanol–water partition coefficient (Wildman–Crippen LogP) is 17.6. The summed E-state index contributed by atoms with van der Waals surface area (Å²) in [6.07, 6.45) is 67.2. The number of aliphatic hydroxyl groups is 2. The van der Waals surface area contributed by atoms with Crippen molar-refractivity contribution in [2.24, 2.45) is 0 Å². The molecule has 0 saturated heterocycles. The molecule has 0 radical (unpaired) electrons. The van der Waals surface area contributed by atoms with Crippen molar-refractivity contribution in [2.45, 2.75) is 315 Å². The third-order valence-corrected chi connectivity index (χ3v) is 13.2. The molecule has 0 aromatic rings. The lowest BCUT2D eigenvalue weighted by molar-refractivity contribution is -0.143. The van der Waals surface area contributed by atoms with Crippen LogP contribution in [-0.2, 0) is 14.3 Å². The molecule has 0 fully saturated rings. The Morgan fingerprint density at radius 2 is 0.769 bits per heavy atom. The molecule has 0 aliphatic carbocycles. The Balaban J connectivity index is 3.50. The maximum absolute atomic E-state index is 12.5. The standard InChI is InChI=1S/C59H111NO5/c1-3-5-7-9-11-13-15-17-19-21-23-24-26-28-31-35-39-43-47-51-57(62)56(55-61)60-58(63)52-48-44-40-36-32-30-34-38-42-46-50-54-65-59(64)53-49-45-41-37-33-29-27-25-22-20-18-16-14-12-10-8-6-4-2/h14,16,20,22,47,51,56-57,61-62H,3-13,15,17-19,21,23-46,48-50,52-55H2,1-2H3,(H,60,63)/b16-14-,22-20-,51-47+. The largest absolute Gasteiger partial charge is 0.466 e. The number of aliphatic hydroxyl groups excluding tert-OH is 2. The average molecular weight is 915 g/mol. The van der Waals surface area contributed by atoms with Crippen molar-refractivity contribution in [1.82, 2.24) is 5.32 Å². The Kier molecular flexibility index (Phi) is 53.1. The van der Waals surface area contributed by atoms with Gasteiger partial charge in [-0.3, -0.25) is 9.59 Å². The molecule has 0 saturated carbocycles. The summed E-state index contributed by atoms with van der Waals surface area (Å²) in [7, 11) is 0. The van der Waals surface area contributed by atoms with Crippen LogP contribution in [-0.4, -0.2) is 47.4 Å². The number of unbranched alkanes of at least 4 members (excludes halogenated alkanes) is 38. The minimum absolute atomic E-state index is 0.0226. The molecule has 2 atom stereocenters. The molecule has 65 heavy (non-hydrogen) atoms. The van der Waals surface area contributed by atoms with Crippen LogP contribution in [0.15, 0.2) is 36.5 Å². The van der Waals surface area contributed by atoms with Gasteiger partial charge in [-0.2, -0.15) is 0 Å². The highest BCUT2D eigenvalue weighted by Crippen LogP contribution is 2.16. The molecule has 3 N–H and O–H groups in total. The molecule has 0 aliphatic heterocycles. The van der Waals surface area contributed by atoms with E-state index in [2.05, 4.69) is 43.5 Å². The van der Waals surface area contributed by atoms with Crippen LogP contribution in [0.4, 0.5) is 0 Å². The fourth-order valence-corrected chi connectivity index (χ4v) is 8.72. The van der Waals surface area contributed by atoms with Gasteiger partial charge < -0.3 is 20.3 Å². The third kappa shape index (κ3) is 51.3. The van der Waals surface area contributed by atoms with Crippen molar-refractivity contribution in [3.8, 4) is 0 Å². The summed E-state index contributed by atoms with van der Waals surface area (Å²) < 4.78 is 5.47. The quantitative estimate of drug-likeness (QED) is 0.0321. The van der Waals surface area contributed by atoms with E-state index in [0.29, 0.717) is 19.4 Å². The summed E-state index contributed by atoms with van der Waals surface area (Å²) in [6, 6.07) is -0.643. The Bertz CT molecular complexity index is 1060. The van der Waals surface area contributed by atoms with Crippen LogP contribution in [0.3, 0.4) is 0 Å². The van der Waals surface area contributed by atoms with E-state index in [9.17, 15) is 19.8 Å². The fourth-order valence-electron chi connectivity index (χ4n) is 8.72. The molecule has 0 aromatic carbocycles. The Labute approximate surface area is 404 Å². The van der Waals surface area contributed by atoms with Gasteiger partial charge in [-0.25, -0.2) is 0 Å². The minimum Gasteiger partial charge on any atom is -0.466 e. The second-order valence-corrected chi connectivity index (χ2v) is 19.6. The van der Waals surface area contributed by atoms with Gasteiger partial charge in [0.25, 0.3) is 0 Å². The van der Waals surface area contributed by atoms with E-state index in [0.717, 1.165) is 64.2 Å². The second-order valence-electron chi connectivity index (χ2n) is 19.6. The van der Waals surface area contributed by atoms with Gasteiger partial charge in [0.05, 0.1) is 25.4 Å². The first-order valence-electron chi connectivity index (χ1n) is 28.8. The Morgan fingerprint density at radius 3 is 1.18 bits per heavy atom. The van der Waals surface area contributed by atoms with Crippen molar-refractivity contribution < 1.29 is 24.5 Å². The van der Waals surface area contributed by atoms with E-state index in [1.165, 1.54) is 212 Å². The number of carbonyl (C=O) groups excluding carboxylic acids is 2. The van der Waals surface area contributed by atoms with Gasteiger partial charge in [-0.05, 0) is 64.2 Å². The van der Waals surface area contributed by atoms with Crippen LogP contribution < -0.4 is 5.32 Å². The molecule has 0 bridgehead atoms. The number of carbonyl (C=O) groups is 2. The number of ether oxygens (including phenoxy) is 1. The molecule has 0 heterocycles. The van der Waals surface area contributed by atoms with Gasteiger partial charge in [0.2, 0.25) is 5.91 Å². The number of nitrogens with one attached hydrogen (secondary N) is 1. The van der Waals surface area contributed by atoms with E-state index >= 15 is 0 Å². The molecule has 0 spiro atoms. The predicted molar refractivity (Wildman–Crippen MR) is 283 cm³/mol. The number of esters is 1. The maximum Gasteiger partial charge on any atom is 0.305 e. The van der Waals surface area contributed by atoms with Gasteiger partial charge in [0.1, 0.15) is 0 Å². The van der Waals surface area contributed by atoms with E-state index in [1.54, 1.807) is 6.08 Å². The van der Waals surface area contributed by atoms with Crippen LogP contribution >= 0.6 is 0 Å². The topological polar surface area (TPSA) is 95.9 Å². The molecule has 1 amide bonds. The van der Waals surface area contributed by atoms with Crippen LogP contribution in [0.2, 0.25) is 0 Å². The zero-order valence-electron chi connectivity index (χ0n) is 43.5. The second kappa shape index (κ2) is 54.7. The maximum atomic E-state index is 12.5. The highest BCUT2D eigenvalue weighted by Gasteiger charge is 2.18. The van der Waals surface area contributed by atoms with Crippen LogP contribution in [0.5, 0.6) is 0 Å². The molecule has 6 heteroatoms. The number of amides is 1. The first-order valence-corrected chi connectivity index (χ1v) is 28.8. The molecule has 0 aliphatic rings. The monoisotopic (exact) mass is 914 g/mol. The smallest absolute Gasteiger partial charge is 0.305 e. The van der Waals surface area contributed by atoms with Crippen LogP contribution in [0.25, 0.3) is 0 Å². The Morgan fingerprint density at radius 1 is 0.431 bits per heavy atom. The molecular weight excluding hydrogens is 803 g/mol. The normalized spacial score (nSPS) is 12.9. The van der Waals surface area contributed by atoms with Gasteiger partial charge in [0.15, 0.2) is 0 Å². The third-order valence-electron chi connectivity index (χ3n) is 13.2. The van der Waals surface area contributed by atoms with E-state index in [1.807, 2.05) is 6.08 Å². The van der Waals surface area contributed by atoms with Crippen molar-refractivity contribution in [2.75, 3.05) is 13.2 Å². The Hall–Kier alpha value is -1.92. The fraction of sp³-hybridized carbons (Fsp3) is 0.864. The minimum atomic E-state index is -0.858. The van der Waals surface area contributed by atoms with Gasteiger partial charge in [-0.1, -0.05) is 262 Å². The number of rotatable bonds is 53. The SMILES string of the molecule is CCCCCC/C=C\C/C=C\CCCCCCCCCC(=O)OCCCCCCCCCCCCCC(=O)NC(CO)C(O)/C=C/CCCCCCCCCCCCCCCCCCC. The lowest BCUT2D eigenvalue weighted by Gasteiger charge is -2.20. The van der Waals surface area contributed by atoms with E-state index in [-0.39, 0.29) is 18.5 Å². The van der Waals surface area contributed by atoms with Crippen molar-refractivity contribution in [1.29, 1.82) is 0 Å². The lowest BCUT2D eigenvalue weighted by atomic mass is 10.0. The molecule has 382 valence electrons. The van der Waals surface area contributed by atoms with Crippen molar-refractivity contribution >= 4 is 11.9 Å². The van der Waals surface area contributed by atoms with Crippen LogP contribution in [0.1, 0.15) is 303 Å². The first-order chi connectivity index (χ1) is 32.0. The molecule has 0 rings (SSSR count). The molecule has 2 unspecified atom stereocenters. The molecular formula is C59H111NO5. The average Bonchev–Trinajstić information content (AvgIpc) is 3.31. The lowest BCUT2D eigenvalue weighted by Crippen LogP contribution is -2.45. The van der Waals surface area contributed by atoms with Gasteiger partial charge in [0, 0.05) is 12.8 Å². The summed E-state index contributed by atoms with van der Waals surface area (Å²) in [4.78, 5) is 24.5. The summed E-state index contributed by atoms with van der Waals surface area (Å²) in [5.74, 6) is -0.108. The van der Waals surface area contributed by atoms with Gasteiger partial charge in [-0.15, -0.1) is 0 Å². The van der Waals surface area contributed by atoms with Crippen molar-refractivity contribution in [3.63, 3.8) is 0 Å². The summed E-state index contributed by atoms with van der Waals surface area (Å²) >= 11 is 0. The summed E-state index contributed by atoms with van der Waals surface area (Å²) in [6.45, 7) is 4.85. The van der Waals surface area contributed by atoms with Crippen LogP contribution in [0, 0.1) is 0 Å². The van der Waals surface area contributed by atoms with E-state index in [4.69, 9.17) is 4.74 Å². The molecule has 6 nitrogen and oxygen atoms in total. The number of hydrogen-bond acceptors (Lipinski definition) is 5. The number of hydrogen-bond donors (Lipinski definition) is 3. The van der Waals surface area contributed by atoms with Gasteiger partial charge >= 0.3 is 5.97 Å². The first kappa shape index (κ1) is 63.1. The highest BCUT2D eigenvalue weighted by molar-refractivity contribution is 5.76. The number of allylic oxidation sites excluding steroid dienone is 5. The zero-order chi connectivity index (χ0) is 47.2. The molecule has 0 aromatic heterocycles. The highest BCUT2D eigenvalue weighted by atomic mass is 16.5. The van der Waals surface area contributed by atoms with E-state index < -0.39 is 12.1 Å².